The number of benzene rings is 2. The van der Waals surface area contributed by atoms with E-state index in [1.807, 2.05) is 48.8 Å². The Morgan fingerprint density at radius 1 is 0.972 bits per heavy atom. The molecule has 0 spiro atoms. The lowest BCUT2D eigenvalue weighted by Crippen LogP contribution is -2.50. The van der Waals surface area contributed by atoms with Gasteiger partial charge in [-0.2, -0.15) is 0 Å². The molecule has 0 unspecified atom stereocenters. The second-order valence-corrected chi connectivity index (χ2v) is 10.2. The lowest BCUT2D eigenvalue weighted by Gasteiger charge is -2.45. The maximum atomic E-state index is 13.3. The summed E-state index contributed by atoms with van der Waals surface area (Å²) in [5, 5.41) is 1.81. The highest BCUT2D eigenvalue weighted by atomic mass is 35.5. The molecular formula is C29H27ClN4O2. The summed E-state index contributed by atoms with van der Waals surface area (Å²) >= 11 is 6.22. The Bertz CT molecular complexity index is 1430. The molecule has 1 N–H and O–H groups in total. The number of fused-ring (bicyclic) bond motifs is 2. The number of hydrogen-bond donors (Lipinski definition) is 1. The van der Waals surface area contributed by atoms with Crippen LogP contribution in [0.4, 0.5) is 5.69 Å². The lowest BCUT2D eigenvalue weighted by atomic mass is 9.72. The molecule has 0 aliphatic carbocycles. The average molecular weight is 499 g/mol. The normalized spacial score (nSPS) is 17.2. The molecule has 2 amide bonds. The first-order valence-corrected chi connectivity index (χ1v) is 12.8. The number of hydrogen-bond acceptors (Lipinski definition) is 4. The summed E-state index contributed by atoms with van der Waals surface area (Å²) in [6.07, 6.45) is 6.41. The van der Waals surface area contributed by atoms with Crippen molar-refractivity contribution in [1.29, 1.82) is 0 Å². The van der Waals surface area contributed by atoms with Crippen LogP contribution in [-0.4, -0.2) is 46.3 Å². The van der Waals surface area contributed by atoms with E-state index in [0.717, 1.165) is 48.9 Å². The number of anilines is 1. The molecule has 7 heteroatoms. The second kappa shape index (κ2) is 8.79. The number of carbonyl (C=O) groups excluding carboxylic acids is 2. The van der Waals surface area contributed by atoms with Crippen molar-refractivity contribution in [2.45, 2.75) is 31.6 Å². The maximum Gasteiger partial charge on any atom is 0.261 e. The van der Waals surface area contributed by atoms with Gasteiger partial charge in [0.2, 0.25) is 0 Å². The van der Waals surface area contributed by atoms with Gasteiger partial charge >= 0.3 is 0 Å². The molecule has 1 saturated heterocycles. The topological polar surface area (TPSA) is 69.3 Å². The Labute approximate surface area is 214 Å². The molecule has 6 nitrogen and oxygen atoms in total. The summed E-state index contributed by atoms with van der Waals surface area (Å²) < 4.78 is 0. The van der Waals surface area contributed by atoms with E-state index >= 15 is 0 Å². The monoisotopic (exact) mass is 498 g/mol. The largest absolute Gasteiger partial charge is 0.371 e. The van der Waals surface area contributed by atoms with Crippen molar-refractivity contribution >= 4 is 40.1 Å². The number of nitrogens with one attached hydrogen (secondary N) is 1. The zero-order valence-corrected chi connectivity index (χ0v) is 20.9. The Balaban J connectivity index is 1.35. The third-order valence-electron chi connectivity index (χ3n) is 7.85. The summed E-state index contributed by atoms with van der Waals surface area (Å²) in [6, 6.07) is 17.1. The number of imide groups is 1. The van der Waals surface area contributed by atoms with Crippen molar-refractivity contribution in [2.75, 3.05) is 24.5 Å². The molecule has 2 aromatic heterocycles. The number of nitrogens with zero attached hydrogens (tertiary/aromatic N) is 3. The average Bonchev–Trinajstić information content (AvgIpc) is 3.48. The fourth-order valence-electron chi connectivity index (χ4n) is 5.85. The molecular weight excluding hydrogens is 472 g/mol. The molecule has 6 rings (SSSR count). The van der Waals surface area contributed by atoms with Crippen LogP contribution in [0.25, 0.3) is 11.0 Å². The van der Waals surface area contributed by atoms with Gasteiger partial charge in [-0.3, -0.25) is 14.5 Å². The Kier molecular flexibility index (Phi) is 5.56. The summed E-state index contributed by atoms with van der Waals surface area (Å²) in [6.45, 7) is 4.13. The van der Waals surface area contributed by atoms with Gasteiger partial charge in [0, 0.05) is 47.9 Å². The predicted molar refractivity (Wildman–Crippen MR) is 142 cm³/mol. The quantitative estimate of drug-likeness (QED) is 0.363. The number of rotatable bonds is 5. The summed E-state index contributed by atoms with van der Waals surface area (Å²) in [5.41, 5.74) is 5.08. The van der Waals surface area contributed by atoms with Crippen LogP contribution in [0.1, 0.15) is 51.6 Å². The smallest absolute Gasteiger partial charge is 0.261 e. The fraction of sp³-hybridized carbons (Fsp3) is 0.276. The zero-order chi connectivity index (χ0) is 24.9. The van der Waals surface area contributed by atoms with Crippen LogP contribution < -0.4 is 4.90 Å². The van der Waals surface area contributed by atoms with Gasteiger partial charge in [-0.1, -0.05) is 42.8 Å². The molecule has 4 heterocycles. The van der Waals surface area contributed by atoms with Crippen LogP contribution in [0.5, 0.6) is 0 Å². The van der Waals surface area contributed by atoms with Gasteiger partial charge in [0.05, 0.1) is 16.8 Å². The number of amides is 2. The fourth-order valence-corrected chi connectivity index (χ4v) is 5.98. The van der Waals surface area contributed by atoms with E-state index < -0.39 is 0 Å². The predicted octanol–water partition coefficient (Wildman–Crippen LogP) is 5.61. The first kappa shape index (κ1) is 22.8. The molecule has 0 bridgehead atoms. The van der Waals surface area contributed by atoms with E-state index in [1.54, 1.807) is 12.1 Å². The number of H-pyrrole nitrogens is 1. The van der Waals surface area contributed by atoms with Crippen LogP contribution in [0, 0.1) is 0 Å². The van der Waals surface area contributed by atoms with Crippen LogP contribution in [-0.2, 0) is 11.8 Å². The molecule has 0 atom stereocenters. The first-order chi connectivity index (χ1) is 17.5. The number of piperidine rings is 1. The summed E-state index contributed by atoms with van der Waals surface area (Å²) in [4.78, 5) is 38.2. The SMILES string of the molecule is CCc1cnc2[nH]ccc2c1N1CCC(CN2C(=O)c3ccccc3C2=O)(c2ccc(Cl)cc2)CC1. The molecule has 0 radical (unpaired) electrons. The van der Waals surface area contributed by atoms with Gasteiger partial charge in [0.15, 0.2) is 0 Å². The van der Waals surface area contributed by atoms with Gasteiger partial charge < -0.3 is 9.88 Å². The molecule has 2 aliphatic heterocycles. The van der Waals surface area contributed by atoms with Crippen molar-refractivity contribution in [1.82, 2.24) is 14.9 Å². The zero-order valence-electron chi connectivity index (χ0n) is 20.1. The minimum atomic E-state index is -0.356. The van der Waals surface area contributed by atoms with Gasteiger partial charge in [-0.05, 0) is 60.7 Å². The number of pyridine rings is 1. The van der Waals surface area contributed by atoms with Crippen LogP contribution >= 0.6 is 11.6 Å². The summed E-state index contributed by atoms with van der Waals surface area (Å²) in [5.74, 6) is -0.411. The van der Waals surface area contributed by atoms with Gasteiger partial charge in [0.25, 0.3) is 11.8 Å². The van der Waals surface area contributed by atoms with E-state index in [9.17, 15) is 9.59 Å². The standard InChI is InChI=1S/C29H27ClN4O2/c1-2-19-17-32-26-24(11-14-31-26)25(19)33-15-12-29(13-16-33,20-7-9-21(30)10-8-20)18-34-27(35)22-5-3-4-6-23(22)28(34)36/h3-11,14,17H,2,12-13,15-16,18H2,1H3,(H,31,32). The Morgan fingerprint density at radius 2 is 1.64 bits per heavy atom. The van der Waals surface area contributed by atoms with E-state index in [1.165, 1.54) is 16.2 Å². The minimum Gasteiger partial charge on any atom is -0.371 e. The molecule has 1 fully saturated rings. The van der Waals surface area contributed by atoms with Crippen molar-refractivity contribution in [3.8, 4) is 0 Å². The number of carbonyl (C=O) groups is 2. The van der Waals surface area contributed by atoms with Gasteiger partial charge in [-0.15, -0.1) is 0 Å². The van der Waals surface area contributed by atoms with E-state index in [4.69, 9.17) is 11.6 Å². The number of aromatic nitrogens is 2. The minimum absolute atomic E-state index is 0.206. The molecule has 182 valence electrons. The lowest BCUT2D eigenvalue weighted by molar-refractivity contribution is 0.0600. The van der Waals surface area contributed by atoms with Crippen LogP contribution in [0.3, 0.4) is 0 Å². The molecule has 36 heavy (non-hydrogen) atoms. The number of aryl methyl sites for hydroxylation is 1. The Hall–Kier alpha value is -3.64. The van der Waals surface area contributed by atoms with E-state index in [-0.39, 0.29) is 17.2 Å². The van der Waals surface area contributed by atoms with Crippen molar-refractivity contribution in [2.24, 2.45) is 0 Å². The van der Waals surface area contributed by atoms with Crippen molar-refractivity contribution < 1.29 is 9.59 Å². The van der Waals surface area contributed by atoms with Crippen LogP contribution in [0.2, 0.25) is 5.02 Å². The summed E-state index contributed by atoms with van der Waals surface area (Å²) in [7, 11) is 0. The van der Waals surface area contributed by atoms with Crippen molar-refractivity contribution in [3.05, 3.63) is 94.3 Å². The first-order valence-electron chi connectivity index (χ1n) is 12.4. The molecule has 2 aromatic carbocycles. The highest BCUT2D eigenvalue weighted by molar-refractivity contribution is 6.30. The van der Waals surface area contributed by atoms with Gasteiger partial charge in [-0.25, -0.2) is 4.98 Å². The van der Waals surface area contributed by atoms with Crippen molar-refractivity contribution in [3.63, 3.8) is 0 Å². The molecule has 2 aliphatic rings. The maximum absolute atomic E-state index is 13.3. The van der Waals surface area contributed by atoms with E-state index in [0.29, 0.717) is 22.7 Å². The molecule has 0 saturated carbocycles. The highest BCUT2D eigenvalue weighted by Gasteiger charge is 2.44. The third-order valence-corrected chi connectivity index (χ3v) is 8.10. The molecule has 4 aromatic rings. The number of halogens is 1. The Morgan fingerprint density at radius 3 is 2.28 bits per heavy atom. The highest BCUT2D eigenvalue weighted by Crippen LogP contribution is 2.41. The second-order valence-electron chi connectivity index (χ2n) is 9.74. The third kappa shape index (κ3) is 3.59. The van der Waals surface area contributed by atoms with Gasteiger partial charge in [0.1, 0.15) is 5.65 Å². The number of aromatic amines is 1. The van der Waals surface area contributed by atoms with Crippen LogP contribution in [0.15, 0.2) is 67.0 Å². The van der Waals surface area contributed by atoms with E-state index in [2.05, 4.69) is 27.9 Å².